The molecule has 2 aromatic rings. The van der Waals surface area contributed by atoms with Crippen LogP contribution in [0.15, 0.2) is 6.07 Å². The van der Waals surface area contributed by atoms with E-state index in [2.05, 4.69) is 10.1 Å². The lowest BCUT2D eigenvalue weighted by molar-refractivity contribution is -0.585. The summed E-state index contributed by atoms with van der Waals surface area (Å²) < 4.78 is 34.7. The molecule has 7 nitrogen and oxygen atoms in total. The first-order valence-corrected chi connectivity index (χ1v) is 6.67. The second-order valence-corrected chi connectivity index (χ2v) is 5.30. The van der Waals surface area contributed by atoms with Crippen LogP contribution in [0.25, 0.3) is 4.96 Å². The van der Waals surface area contributed by atoms with Crippen molar-refractivity contribution in [3.05, 3.63) is 22.5 Å². The molecule has 17 heavy (non-hydrogen) atoms. The Balaban J connectivity index is 0.000000249. The van der Waals surface area contributed by atoms with E-state index < -0.39 is 10.4 Å². The SMILES string of the molecule is Cc1cc(C)[n+]2nc(C)sc2n1.O=S(=O)([O-])O. The van der Waals surface area contributed by atoms with Gasteiger partial charge in [-0.15, -0.1) is 0 Å². The zero-order chi connectivity index (χ0) is 13.2. The number of hydrogen-bond acceptors (Lipinski definition) is 6. The van der Waals surface area contributed by atoms with Crippen LogP contribution >= 0.6 is 11.3 Å². The maximum atomic E-state index is 8.63. The number of rotatable bonds is 0. The molecule has 0 aliphatic heterocycles. The predicted molar refractivity (Wildman–Crippen MR) is 59.6 cm³/mol. The zero-order valence-corrected chi connectivity index (χ0v) is 11.0. The topological polar surface area (TPSA) is 107 Å². The summed E-state index contributed by atoms with van der Waals surface area (Å²) in [7, 11) is -4.92. The van der Waals surface area contributed by atoms with Crippen molar-refractivity contribution in [2.75, 3.05) is 0 Å². The largest absolute Gasteiger partial charge is 0.726 e. The van der Waals surface area contributed by atoms with E-state index in [1.165, 1.54) is 0 Å². The molecule has 0 atom stereocenters. The summed E-state index contributed by atoms with van der Waals surface area (Å²) in [5.74, 6) is 0. The average Bonchev–Trinajstić information content (AvgIpc) is 2.42. The molecule has 94 valence electrons. The van der Waals surface area contributed by atoms with Gasteiger partial charge in [0.1, 0.15) is 10.7 Å². The fourth-order valence-corrected chi connectivity index (χ4v) is 2.07. The van der Waals surface area contributed by atoms with Gasteiger partial charge in [0.2, 0.25) is 10.4 Å². The highest BCUT2D eigenvalue weighted by Gasteiger charge is 2.13. The van der Waals surface area contributed by atoms with Crippen molar-refractivity contribution in [3.63, 3.8) is 0 Å². The number of aromatic nitrogens is 3. The van der Waals surface area contributed by atoms with Gasteiger partial charge in [-0.1, -0.05) is 9.61 Å². The molecule has 2 rings (SSSR count). The molecule has 0 fully saturated rings. The molecule has 2 aromatic heterocycles. The number of aryl methyl sites for hydroxylation is 3. The third-order valence-electron chi connectivity index (χ3n) is 1.68. The molecule has 0 saturated heterocycles. The van der Waals surface area contributed by atoms with Crippen molar-refractivity contribution in [2.24, 2.45) is 0 Å². The van der Waals surface area contributed by atoms with E-state index in [1.54, 1.807) is 11.3 Å². The molecule has 0 bridgehead atoms. The summed E-state index contributed by atoms with van der Waals surface area (Å²) in [5.41, 5.74) is 2.19. The Morgan fingerprint density at radius 1 is 1.41 bits per heavy atom. The Hall–Kier alpha value is -1.16. The number of hydrogen-bond donors (Lipinski definition) is 1. The standard InChI is InChI=1S/C8H10N3S.H2O4S/c1-5-4-6(2)11-8(9-5)12-7(3)10-11;1-5(2,3)4/h4H,1-3H3;(H2,1,2,3,4)/q+1;/p-1. The van der Waals surface area contributed by atoms with Crippen LogP contribution in [0.1, 0.15) is 16.4 Å². The van der Waals surface area contributed by atoms with E-state index in [0.717, 1.165) is 21.4 Å². The maximum absolute atomic E-state index is 8.63. The molecule has 2 heterocycles. The van der Waals surface area contributed by atoms with Gasteiger partial charge in [-0.2, -0.15) is 0 Å². The third kappa shape index (κ3) is 4.69. The minimum absolute atomic E-state index is 0.977. The summed E-state index contributed by atoms with van der Waals surface area (Å²) in [4.78, 5) is 5.35. The van der Waals surface area contributed by atoms with Crippen LogP contribution in [-0.2, 0) is 10.4 Å². The van der Waals surface area contributed by atoms with Crippen molar-refractivity contribution >= 4 is 26.7 Å². The van der Waals surface area contributed by atoms with Crippen LogP contribution in [0, 0.1) is 20.8 Å². The minimum atomic E-state index is -4.92. The normalized spacial score (nSPS) is 11.1. The molecule has 0 unspecified atom stereocenters. The summed E-state index contributed by atoms with van der Waals surface area (Å²) in [6.45, 7) is 6.04. The van der Waals surface area contributed by atoms with E-state index in [9.17, 15) is 0 Å². The van der Waals surface area contributed by atoms with Gasteiger partial charge in [0, 0.05) is 19.9 Å². The molecule has 0 aliphatic carbocycles. The van der Waals surface area contributed by atoms with E-state index in [1.807, 2.05) is 31.4 Å². The summed E-state index contributed by atoms with van der Waals surface area (Å²) in [6, 6.07) is 2.03. The Morgan fingerprint density at radius 2 is 1.94 bits per heavy atom. The van der Waals surface area contributed by atoms with Gasteiger partial charge >= 0.3 is 4.96 Å². The van der Waals surface area contributed by atoms with Gasteiger partial charge in [-0.25, -0.2) is 8.42 Å². The Bertz CT molecular complexity index is 628. The lowest BCUT2D eigenvalue weighted by atomic mass is 10.4. The van der Waals surface area contributed by atoms with Gasteiger partial charge in [0.05, 0.1) is 0 Å². The highest BCUT2D eigenvalue weighted by molar-refractivity contribution is 7.79. The number of fused-ring (bicyclic) bond motifs is 1. The fraction of sp³-hybridized carbons (Fsp3) is 0.375. The van der Waals surface area contributed by atoms with Crippen molar-refractivity contribution in [1.29, 1.82) is 0 Å². The smallest absolute Gasteiger partial charge is 0.409 e. The first-order chi connectivity index (χ1) is 7.66. The molecule has 0 saturated carbocycles. The summed E-state index contributed by atoms with van der Waals surface area (Å²) >= 11 is 1.62. The van der Waals surface area contributed by atoms with E-state index in [0.29, 0.717) is 0 Å². The quantitative estimate of drug-likeness (QED) is 0.419. The summed E-state index contributed by atoms with van der Waals surface area (Å²) in [6.07, 6.45) is 0. The summed E-state index contributed by atoms with van der Waals surface area (Å²) in [5, 5.41) is 5.38. The second kappa shape index (κ2) is 5.00. The molecule has 0 amide bonds. The van der Waals surface area contributed by atoms with Gasteiger partial charge in [-0.05, 0) is 23.2 Å². The van der Waals surface area contributed by atoms with E-state index in [4.69, 9.17) is 17.5 Å². The first-order valence-electron chi connectivity index (χ1n) is 4.49. The number of nitrogens with zero attached hydrogens (tertiary/aromatic N) is 3. The molecular weight excluding hydrogens is 266 g/mol. The molecule has 0 radical (unpaired) electrons. The highest BCUT2D eigenvalue weighted by atomic mass is 32.3. The van der Waals surface area contributed by atoms with Crippen molar-refractivity contribution < 1.29 is 22.0 Å². The van der Waals surface area contributed by atoms with Crippen LogP contribution < -0.4 is 4.52 Å². The maximum Gasteiger partial charge on any atom is 0.409 e. The Kier molecular flexibility index (Phi) is 4.09. The van der Waals surface area contributed by atoms with E-state index >= 15 is 0 Å². The lowest BCUT2D eigenvalue weighted by Gasteiger charge is -1.88. The van der Waals surface area contributed by atoms with E-state index in [-0.39, 0.29) is 0 Å². The highest BCUT2D eigenvalue weighted by Crippen LogP contribution is 2.07. The van der Waals surface area contributed by atoms with Crippen LogP contribution in [0.4, 0.5) is 0 Å². The van der Waals surface area contributed by atoms with Crippen LogP contribution in [0.3, 0.4) is 0 Å². The molecule has 0 aliphatic rings. The van der Waals surface area contributed by atoms with Gasteiger partial charge in [0.25, 0.3) is 0 Å². The fourth-order valence-electron chi connectivity index (χ4n) is 1.23. The molecule has 1 N–H and O–H groups in total. The van der Waals surface area contributed by atoms with Crippen molar-refractivity contribution in [3.8, 4) is 0 Å². The zero-order valence-electron chi connectivity index (χ0n) is 9.41. The first kappa shape index (κ1) is 13.9. The van der Waals surface area contributed by atoms with Crippen LogP contribution in [-0.4, -0.2) is 27.6 Å². The second-order valence-electron chi connectivity index (χ2n) is 3.28. The molecule has 9 heteroatoms. The Labute approximate surface area is 102 Å². The van der Waals surface area contributed by atoms with Gasteiger partial charge < -0.3 is 4.55 Å². The minimum Gasteiger partial charge on any atom is -0.726 e. The van der Waals surface area contributed by atoms with Crippen molar-refractivity contribution in [2.45, 2.75) is 20.8 Å². The van der Waals surface area contributed by atoms with Gasteiger partial charge in [-0.3, -0.25) is 4.55 Å². The van der Waals surface area contributed by atoms with Crippen LogP contribution in [0.5, 0.6) is 0 Å². The molecule has 0 spiro atoms. The lowest BCUT2D eigenvalue weighted by Crippen LogP contribution is -2.28. The third-order valence-corrected chi connectivity index (χ3v) is 2.51. The van der Waals surface area contributed by atoms with Crippen LogP contribution in [0.2, 0.25) is 0 Å². The molecular formula is C8H11N3O4S2. The average molecular weight is 277 g/mol. The van der Waals surface area contributed by atoms with Gasteiger partial charge in [0.15, 0.2) is 5.69 Å². The predicted octanol–water partition coefficient (Wildman–Crippen LogP) is 0.207. The monoisotopic (exact) mass is 277 g/mol. The molecule has 0 aromatic carbocycles. The van der Waals surface area contributed by atoms with Crippen molar-refractivity contribution in [1.82, 2.24) is 10.1 Å². The Morgan fingerprint density at radius 3 is 2.47 bits per heavy atom.